The summed E-state index contributed by atoms with van der Waals surface area (Å²) in [4.78, 5) is 27.4. The van der Waals surface area contributed by atoms with Crippen LogP contribution in [0, 0.1) is 0 Å². The van der Waals surface area contributed by atoms with Gasteiger partial charge >= 0.3 is 0 Å². The molecule has 0 aliphatic heterocycles. The van der Waals surface area contributed by atoms with E-state index in [9.17, 15) is 18.0 Å². The van der Waals surface area contributed by atoms with Gasteiger partial charge in [0.2, 0.25) is 21.8 Å². The van der Waals surface area contributed by atoms with Crippen molar-refractivity contribution in [3.05, 3.63) is 60.2 Å². The quantitative estimate of drug-likeness (QED) is 0.509. The first-order valence-electron chi connectivity index (χ1n) is 11.0. The van der Waals surface area contributed by atoms with Gasteiger partial charge in [-0.25, -0.2) is 8.42 Å². The van der Waals surface area contributed by atoms with Crippen LogP contribution in [0.25, 0.3) is 0 Å². The lowest BCUT2D eigenvalue weighted by Crippen LogP contribution is -2.52. The molecule has 9 heteroatoms. The number of sulfonamides is 1. The molecule has 0 spiro atoms. The van der Waals surface area contributed by atoms with Gasteiger partial charge in [0, 0.05) is 13.6 Å². The summed E-state index contributed by atoms with van der Waals surface area (Å²) in [5, 5.41) is 2.60. The molecule has 2 rings (SSSR count). The van der Waals surface area contributed by atoms with Gasteiger partial charge in [-0.3, -0.25) is 13.9 Å². The lowest BCUT2D eigenvalue weighted by atomic mass is 10.1. The van der Waals surface area contributed by atoms with Crippen molar-refractivity contribution >= 4 is 27.5 Å². The van der Waals surface area contributed by atoms with Crippen LogP contribution in [0.4, 0.5) is 5.69 Å². The number of hydrogen-bond acceptors (Lipinski definition) is 5. The van der Waals surface area contributed by atoms with Gasteiger partial charge in [-0.1, -0.05) is 37.3 Å². The van der Waals surface area contributed by atoms with Crippen LogP contribution in [0.2, 0.25) is 0 Å². The van der Waals surface area contributed by atoms with Crippen molar-refractivity contribution in [2.24, 2.45) is 0 Å². The first-order chi connectivity index (χ1) is 15.7. The van der Waals surface area contributed by atoms with Crippen LogP contribution >= 0.6 is 0 Å². The van der Waals surface area contributed by atoms with Crippen molar-refractivity contribution in [1.82, 2.24) is 10.2 Å². The Labute approximate surface area is 196 Å². The van der Waals surface area contributed by atoms with Crippen LogP contribution in [-0.4, -0.2) is 64.2 Å². The normalized spacial score (nSPS) is 12.0. The zero-order valence-electron chi connectivity index (χ0n) is 19.7. The Morgan fingerprint density at radius 1 is 1.03 bits per heavy atom. The van der Waals surface area contributed by atoms with Gasteiger partial charge in [0.1, 0.15) is 18.3 Å². The minimum absolute atomic E-state index is 0.286. The van der Waals surface area contributed by atoms with E-state index in [0.29, 0.717) is 30.9 Å². The molecule has 0 fully saturated rings. The number of ether oxygens (including phenoxy) is 1. The molecule has 2 amide bonds. The predicted octanol–water partition coefficient (Wildman–Crippen LogP) is 2.45. The van der Waals surface area contributed by atoms with E-state index >= 15 is 0 Å². The molecule has 2 aromatic carbocycles. The summed E-state index contributed by atoms with van der Waals surface area (Å²) in [6.45, 7) is 4.05. The standard InChI is InChI=1S/C24H33N3O5S/c1-5-22(24(29)25-3)26(17-16-19-10-8-7-9-11-19)23(28)18-27(33(4,30)31)20-12-14-21(15-13-20)32-6-2/h7-15,22H,5-6,16-18H2,1-4H3,(H,25,29)/t22-/m0/s1. The van der Waals surface area contributed by atoms with E-state index in [1.807, 2.05) is 44.2 Å². The summed E-state index contributed by atoms with van der Waals surface area (Å²) in [5.74, 6) is -0.122. The first-order valence-corrected chi connectivity index (χ1v) is 12.8. The summed E-state index contributed by atoms with van der Waals surface area (Å²) >= 11 is 0. The van der Waals surface area contributed by atoms with Gasteiger partial charge in [0.15, 0.2) is 0 Å². The van der Waals surface area contributed by atoms with Crippen molar-refractivity contribution in [2.75, 3.05) is 37.3 Å². The van der Waals surface area contributed by atoms with Crippen LogP contribution in [0.3, 0.4) is 0 Å². The Morgan fingerprint density at radius 2 is 1.67 bits per heavy atom. The second-order valence-electron chi connectivity index (χ2n) is 7.56. The van der Waals surface area contributed by atoms with Gasteiger partial charge in [-0.15, -0.1) is 0 Å². The number of nitrogens with one attached hydrogen (secondary N) is 1. The summed E-state index contributed by atoms with van der Waals surface area (Å²) < 4.78 is 31.6. The monoisotopic (exact) mass is 475 g/mol. The van der Waals surface area contributed by atoms with Gasteiger partial charge in [0.05, 0.1) is 18.6 Å². The molecule has 8 nitrogen and oxygen atoms in total. The van der Waals surface area contributed by atoms with Crippen molar-refractivity contribution in [3.8, 4) is 5.75 Å². The number of likely N-dealkylation sites (N-methyl/N-ethyl adjacent to an activating group) is 1. The number of hydrogen-bond donors (Lipinski definition) is 1. The van der Waals surface area contributed by atoms with E-state index in [-0.39, 0.29) is 12.5 Å². The molecule has 33 heavy (non-hydrogen) atoms. The molecule has 2 aromatic rings. The topological polar surface area (TPSA) is 96.0 Å². The number of nitrogens with zero attached hydrogens (tertiary/aromatic N) is 2. The van der Waals surface area contributed by atoms with Crippen molar-refractivity contribution in [2.45, 2.75) is 32.7 Å². The second kappa shape index (κ2) is 12.2. The van der Waals surface area contributed by atoms with Gasteiger partial charge in [0.25, 0.3) is 0 Å². The number of anilines is 1. The molecule has 0 aliphatic carbocycles. The summed E-state index contributed by atoms with van der Waals surface area (Å²) in [6, 6.07) is 15.5. The van der Waals surface area contributed by atoms with Crippen LogP contribution in [0.15, 0.2) is 54.6 Å². The number of benzene rings is 2. The third-order valence-electron chi connectivity index (χ3n) is 5.23. The highest BCUT2D eigenvalue weighted by Crippen LogP contribution is 2.22. The maximum Gasteiger partial charge on any atom is 0.244 e. The lowest BCUT2D eigenvalue weighted by Gasteiger charge is -2.32. The molecule has 180 valence electrons. The Kier molecular flexibility index (Phi) is 9.72. The SMILES string of the molecule is CCOc1ccc(N(CC(=O)N(CCc2ccccc2)[C@@H](CC)C(=O)NC)S(C)(=O)=O)cc1. The summed E-state index contributed by atoms with van der Waals surface area (Å²) in [5.41, 5.74) is 1.37. The summed E-state index contributed by atoms with van der Waals surface area (Å²) in [6.07, 6.45) is 2.01. The third-order valence-corrected chi connectivity index (χ3v) is 6.37. The van der Waals surface area contributed by atoms with Crippen molar-refractivity contribution in [3.63, 3.8) is 0 Å². The first kappa shape index (κ1) is 26.2. The fraction of sp³-hybridized carbons (Fsp3) is 0.417. The highest BCUT2D eigenvalue weighted by molar-refractivity contribution is 7.92. The zero-order chi connectivity index (χ0) is 24.4. The largest absolute Gasteiger partial charge is 0.494 e. The molecule has 1 atom stereocenters. The zero-order valence-corrected chi connectivity index (χ0v) is 20.5. The molecule has 0 heterocycles. The van der Waals surface area contributed by atoms with E-state index in [0.717, 1.165) is 16.1 Å². The average molecular weight is 476 g/mol. The van der Waals surface area contributed by atoms with Gasteiger partial charge in [-0.05, 0) is 49.6 Å². The smallest absolute Gasteiger partial charge is 0.244 e. The second-order valence-corrected chi connectivity index (χ2v) is 9.46. The Hall–Kier alpha value is -3.07. The molecular formula is C24H33N3O5S. The van der Waals surface area contributed by atoms with E-state index in [1.54, 1.807) is 24.3 Å². The number of carbonyl (C=O) groups excluding carboxylic acids is 2. The van der Waals surface area contributed by atoms with E-state index in [4.69, 9.17) is 4.74 Å². The van der Waals surface area contributed by atoms with Gasteiger partial charge < -0.3 is 15.0 Å². The van der Waals surface area contributed by atoms with Gasteiger partial charge in [-0.2, -0.15) is 0 Å². The Morgan fingerprint density at radius 3 is 2.18 bits per heavy atom. The van der Waals surface area contributed by atoms with E-state index in [1.165, 1.54) is 11.9 Å². The molecular weight excluding hydrogens is 442 g/mol. The predicted molar refractivity (Wildman–Crippen MR) is 130 cm³/mol. The number of amides is 2. The van der Waals surface area contributed by atoms with Crippen LogP contribution < -0.4 is 14.4 Å². The van der Waals surface area contributed by atoms with Crippen molar-refractivity contribution < 1.29 is 22.7 Å². The molecule has 0 aliphatic rings. The highest BCUT2D eigenvalue weighted by Gasteiger charge is 2.30. The highest BCUT2D eigenvalue weighted by atomic mass is 32.2. The molecule has 0 aromatic heterocycles. The maximum absolute atomic E-state index is 13.4. The minimum atomic E-state index is -3.75. The van der Waals surface area contributed by atoms with E-state index in [2.05, 4.69) is 5.32 Å². The molecule has 0 bridgehead atoms. The van der Waals surface area contributed by atoms with Crippen LogP contribution in [-0.2, 0) is 26.0 Å². The minimum Gasteiger partial charge on any atom is -0.494 e. The van der Waals surface area contributed by atoms with Crippen LogP contribution in [0.1, 0.15) is 25.8 Å². The maximum atomic E-state index is 13.4. The molecule has 1 N–H and O–H groups in total. The third kappa shape index (κ3) is 7.49. The molecule has 0 saturated heterocycles. The van der Waals surface area contributed by atoms with Crippen molar-refractivity contribution in [1.29, 1.82) is 0 Å². The van der Waals surface area contributed by atoms with E-state index < -0.39 is 28.5 Å². The fourth-order valence-electron chi connectivity index (χ4n) is 3.55. The molecule has 0 saturated carbocycles. The lowest BCUT2D eigenvalue weighted by molar-refractivity contribution is -0.139. The molecule has 0 radical (unpaired) electrons. The Balaban J connectivity index is 2.31. The van der Waals surface area contributed by atoms with Crippen LogP contribution in [0.5, 0.6) is 5.75 Å². The average Bonchev–Trinajstić information content (AvgIpc) is 2.80. The number of carbonyl (C=O) groups is 2. The summed E-state index contributed by atoms with van der Waals surface area (Å²) in [7, 11) is -2.23. The Bertz CT molecular complexity index is 1010. The fourth-order valence-corrected chi connectivity index (χ4v) is 4.40. The molecule has 0 unspecified atom stereocenters. The number of rotatable bonds is 12.